The van der Waals surface area contributed by atoms with Crippen LogP contribution in [0.25, 0.3) is 0 Å². The number of esters is 3. The molecule has 3 aromatic carbocycles. The van der Waals surface area contributed by atoms with Gasteiger partial charge in [-0.3, -0.25) is 9.59 Å². The Morgan fingerprint density at radius 1 is 0.848 bits per heavy atom. The molecule has 0 aromatic heterocycles. The molecule has 0 saturated heterocycles. The van der Waals surface area contributed by atoms with Crippen LogP contribution in [-0.2, 0) is 25.8 Å². The van der Waals surface area contributed by atoms with Crippen LogP contribution in [0.15, 0.2) is 54.6 Å². The molecule has 1 spiro atoms. The minimum atomic E-state index is -1.32. The molecule has 7 nitrogen and oxygen atoms in total. The summed E-state index contributed by atoms with van der Waals surface area (Å²) < 4.78 is 22.6. The summed E-state index contributed by atoms with van der Waals surface area (Å²) in [5.74, 6) is 0.00846. The Balaban J connectivity index is 1.78. The Bertz CT molecular complexity index is 1280. The van der Waals surface area contributed by atoms with Crippen molar-refractivity contribution >= 4 is 29.5 Å². The SMILES string of the molecule is CC(=O)Oc1ccc2c(c1)Oc1cc(OC(C)=O)ccc1C21OC(=O)c2ccc(CCl)cc21. The molecule has 2 heterocycles. The first-order valence-electron chi connectivity index (χ1n) is 10.1. The van der Waals surface area contributed by atoms with E-state index in [-0.39, 0.29) is 17.4 Å². The lowest BCUT2D eigenvalue weighted by molar-refractivity contribution is -0.132. The van der Waals surface area contributed by atoms with Crippen molar-refractivity contribution in [2.45, 2.75) is 25.3 Å². The third-order valence-corrected chi connectivity index (χ3v) is 5.80. The average Bonchev–Trinajstić information content (AvgIpc) is 3.05. The third-order valence-electron chi connectivity index (χ3n) is 5.49. The molecular formula is C25H17ClO7. The zero-order valence-electron chi connectivity index (χ0n) is 17.6. The molecule has 8 heteroatoms. The summed E-state index contributed by atoms with van der Waals surface area (Å²) in [5, 5.41) is 0. The lowest BCUT2D eigenvalue weighted by Crippen LogP contribution is -2.33. The predicted molar refractivity (Wildman–Crippen MR) is 117 cm³/mol. The Kier molecular flexibility index (Phi) is 4.87. The summed E-state index contributed by atoms with van der Waals surface area (Å²) in [6.07, 6.45) is 0. The number of ether oxygens (including phenoxy) is 4. The Labute approximate surface area is 193 Å². The number of alkyl halides is 1. The zero-order valence-corrected chi connectivity index (χ0v) is 18.4. The van der Waals surface area contributed by atoms with Crippen molar-refractivity contribution in [3.63, 3.8) is 0 Å². The molecule has 0 radical (unpaired) electrons. The van der Waals surface area contributed by atoms with Crippen molar-refractivity contribution < 1.29 is 33.3 Å². The van der Waals surface area contributed by atoms with Gasteiger partial charge in [-0.1, -0.05) is 6.07 Å². The normalized spacial score (nSPS) is 14.5. The number of halogens is 1. The van der Waals surface area contributed by atoms with Gasteiger partial charge < -0.3 is 18.9 Å². The molecule has 0 unspecified atom stereocenters. The van der Waals surface area contributed by atoms with Crippen molar-refractivity contribution in [3.05, 3.63) is 82.4 Å². The monoisotopic (exact) mass is 464 g/mol. The van der Waals surface area contributed by atoms with E-state index in [1.807, 2.05) is 6.07 Å². The van der Waals surface area contributed by atoms with E-state index in [1.54, 1.807) is 48.5 Å². The molecule has 33 heavy (non-hydrogen) atoms. The van der Waals surface area contributed by atoms with Crippen LogP contribution in [0, 0.1) is 0 Å². The van der Waals surface area contributed by atoms with Gasteiger partial charge in [-0.15, -0.1) is 11.6 Å². The zero-order chi connectivity index (χ0) is 23.3. The topological polar surface area (TPSA) is 88.1 Å². The number of carbonyl (C=O) groups excluding carboxylic acids is 3. The summed E-state index contributed by atoms with van der Waals surface area (Å²) in [4.78, 5) is 35.9. The molecule has 0 N–H and O–H groups in total. The van der Waals surface area contributed by atoms with Crippen LogP contribution >= 0.6 is 11.6 Å². The highest BCUT2D eigenvalue weighted by Crippen LogP contribution is 2.57. The van der Waals surface area contributed by atoms with Crippen molar-refractivity contribution in [2.24, 2.45) is 0 Å². The Morgan fingerprint density at radius 3 is 1.94 bits per heavy atom. The summed E-state index contributed by atoms with van der Waals surface area (Å²) in [5.41, 5.74) is 1.65. The van der Waals surface area contributed by atoms with E-state index in [1.165, 1.54) is 13.8 Å². The highest BCUT2D eigenvalue weighted by molar-refractivity contribution is 6.17. The van der Waals surface area contributed by atoms with Gasteiger partial charge in [-0.2, -0.15) is 0 Å². The molecule has 2 aliphatic rings. The van der Waals surface area contributed by atoms with Gasteiger partial charge in [0.25, 0.3) is 0 Å². The molecule has 0 bridgehead atoms. The number of hydrogen-bond donors (Lipinski definition) is 0. The molecular weight excluding hydrogens is 448 g/mol. The third kappa shape index (κ3) is 3.32. The number of carbonyl (C=O) groups is 3. The van der Waals surface area contributed by atoms with Gasteiger partial charge in [0.05, 0.1) is 5.56 Å². The maximum atomic E-state index is 12.9. The van der Waals surface area contributed by atoms with E-state index in [0.717, 1.165) is 5.56 Å². The first kappa shape index (κ1) is 21.0. The van der Waals surface area contributed by atoms with Gasteiger partial charge in [0.1, 0.15) is 23.0 Å². The van der Waals surface area contributed by atoms with Crippen LogP contribution in [0.3, 0.4) is 0 Å². The molecule has 0 amide bonds. The van der Waals surface area contributed by atoms with Crippen LogP contribution in [0.1, 0.15) is 46.5 Å². The van der Waals surface area contributed by atoms with E-state index in [0.29, 0.717) is 33.8 Å². The highest BCUT2D eigenvalue weighted by Gasteiger charge is 2.53. The highest BCUT2D eigenvalue weighted by atomic mass is 35.5. The van der Waals surface area contributed by atoms with Crippen molar-refractivity contribution in [3.8, 4) is 23.0 Å². The molecule has 5 rings (SSSR count). The van der Waals surface area contributed by atoms with E-state index in [4.69, 9.17) is 30.5 Å². The van der Waals surface area contributed by atoms with Gasteiger partial charge in [0.2, 0.25) is 0 Å². The second-order valence-corrected chi connectivity index (χ2v) is 7.96. The van der Waals surface area contributed by atoms with Gasteiger partial charge in [-0.25, -0.2) is 4.79 Å². The van der Waals surface area contributed by atoms with Gasteiger partial charge >= 0.3 is 17.9 Å². The Hall–Kier alpha value is -3.84. The van der Waals surface area contributed by atoms with Gasteiger partial charge in [0, 0.05) is 48.6 Å². The standard InChI is InChI=1S/C25H17ClO7/c1-13(27)30-16-4-7-19-22(10-16)32-23-11-17(31-14(2)28)5-8-20(23)25(19)21-9-15(12-26)3-6-18(21)24(29)33-25/h3-11H,12H2,1-2H3. The Morgan fingerprint density at radius 2 is 1.42 bits per heavy atom. The summed E-state index contributed by atoms with van der Waals surface area (Å²) >= 11 is 6.08. The molecule has 0 saturated carbocycles. The molecule has 2 aliphatic heterocycles. The fourth-order valence-corrected chi connectivity index (χ4v) is 4.44. The van der Waals surface area contributed by atoms with E-state index >= 15 is 0 Å². The van der Waals surface area contributed by atoms with Crippen molar-refractivity contribution in [1.29, 1.82) is 0 Å². The lowest BCUT2D eigenvalue weighted by Gasteiger charge is -2.36. The minimum absolute atomic E-state index is 0.255. The summed E-state index contributed by atoms with van der Waals surface area (Å²) in [7, 11) is 0. The molecule has 166 valence electrons. The number of benzene rings is 3. The predicted octanol–water partition coefficient (Wildman–Crippen LogP) is 4.84. The number of fused-ring (bicyclic) bond motifs is 6. The van der Waals surface area contributed by atoms with Crippen LogP contribution in [0.2, 0.25) is 0 Å². The molecule has 0 atom stereocenters. The smallest absolute Gasteiger partial charge is 0.340 e. The van der Waals surface area contributed by atoms with E-state index in [9.17, 15) is 14.4 Å². The fraction of sp³-hybridized carbons (Fsp3) is 0.160. The van der Waals surface area contributed by atoms with E-state index in [2.05, 4.69) is 0 Å². The maximum Gasteiger partial charge on any atom is 0.340 e. The summed E-state index contributed by atoms with van der Waals surface area (Å²) in [6.45, 7) is 2.59. The molecule has 0 aliphatic carbocycles. The molecule has 3 aromatic rings. The van der Waals surface area contributed by atoms with Gasteiger partial charge in [0.15, 0.2) is 5.60 Å². The minimum Gasteiger partial charge on any atom is -0.456 e. The summed E-state index contributed by atoms with van der Waals surface area (Å²) in [6, 6.07) is 15.0. The number of rotatable bonds is 3. The van der Waals surface area contributed by atoms with Crippen LogP contribution in [0.5, 0.6) is 23.0 Å². The quantitative estimate of drug-likeness (QED) is 0.311. The van der Waals surface area contributed by atoms with Crippen molar-refractivity contribution in [1.82, 2.24) is 0 Å². The second kappa shape index (κ2) is 7.64. The van der Waals surface area contributed by atoms with E-state index < -0.39 is 23.5 Å². The average molecular weight is 465 g/mol. The number of hydrogen-bond acceptors (Lipinski definition) is 7. The fourth-order valence-electron chi connectivity index (χ4n) is 4.27. The van der Waals surface area contributed by atoms with Crippen LogP contribution in [-0.4, -0.2) is 17.9 Å². The lowest BCUT2D eigenvalue weighted by atomic mass is 9.77. The first-order valence-corrected chi connectivity index (χ1v) is 10.6. The maximum absolute atomic E-state index is 12.9. The van der Waals surface area contributed by atoms with Crippen LogP contribution < -0.4 is 14.2 Å². The molecule has 0 fully saturated rings. The first-order chi connectivity index (χ1) is 15.8. The van der Waals surface area contributed by atoms with Crippen molar-refractivity contribution in [2.75, 3.05) is 0 Å². The van der Waals surface area contributed by atoms with Crippen LogP contribution in [0.4, 0.5) is 0 Å². The second-order valence-electron chi connectivity index (χ2n) is 7.69. The van der Waals surface area contributed by atoms with Gasteiger partial charge in [-0.05, 0) is 42.0 Å². The largest absolute Gasteiger partial charge is 0.456 e.